The molecule has 2 aromatic rings. The van der Waals surface area contributed by atoms with Crippen molar-refractivity contribution in [3.8, 4) is 0 Å². The fourth-order valence-electron chi connectivity index (χ4n) is 2.03. The van der Waals surface area contributed by atoms with Gasteiger partial charge in [-0.15, -0.1) is 0 Å². The molecule has 2 aromatic carbocycles. The van der Waals surface area contributed by atoms with Crippen LogP contribution in [-0.4, -0.2) is 11.7 Å². The van der Waals surface area contributed by atoms with Gasteiger partial charge in [-0.05, 0) is 35.7 Å². The summed E-state index contributed by atoms with van der Waals surface area (Å²) in [5.74, 6) is 0.120. The largest absolute Gasteiger partial charge is 0.396 e. The first-order chi connectivity index (χ1) is 8.70. The highest BCUT2D eigenvalue weighted by molar-refractivity contribution is 9.10. The molecule has 0 saturated carbocycles. The molecule has 1 N–H and O–H groups in total. The number of aliphatic hydroxyl groups is 1. The fourth-order valence-corrected chi connectivity index (χ4v) is 3.08. The number of hydrogen-bond acceptors (Lipinski definition) is 1. The predicted molar refractivity (Wildman–Crippen MR) is 81.8 cm³/mol. The molecule has 1 nitrogen and oxygen atoms in total. The van der Waals surface area contributed by atoms with E-state index in [2.05, 4.69) is 50.1 Å². The van der Waals surface area contributed by atoms with Crippen LogP contribution in [0.5, 0.6) is 0 Å². The van der Waals surface area contributed by atoms with Crippen LogP contribution in [0.1, 0.15) is 17.0 Å². The van der Waals surface area contributed by atoms with E-state index in [1.54, 1.807) is 0 Å². The average molecular weight is 370 g/mol. The lowest BCUT2D eigenvalue weighted by atomic mass is 9.93. The van der Waals surface area contributed by atoms with Crippen LogP contribution in [0, 0.1) is 0 Å². The Kier molecular flexibility index (Phi) is 4.98. The zero-order chi connectivity index (χ0) is 13.0. The Balaban J connectivity index is 2.23. The molecule has 0 bridgehead atoms. The van der Waals surface area contributed by atoms with E-state index < -0.39 is 0 Å². The maximum atomic E-state index is 9.60. The highest BCUT2D eigenvalue weighted by atomic mass is 79.9. The standard InChI is InChI=1S/C15H14Br2O/c16-13-5-3-4-11(9-13)8-12(10-18)14-6-1-2-7-15(14)17/h1-7,9,12,18H,8,10H2. The number of rotatable bonds is 4. The maximum absolute atomic E-state index is 9.60. The quantitative estimate of drug-likeness (QED) is 0.839. The molecule has 0 heterocycles. The minimum Gasteiger partial charge on any atom is -0.396 e. The lowest BCUT2D eigenvalue weighted by Crippen LogP contribution is -2.08. The van der Waals surface area contributed by atoms with Crippen LogP contribution in [0.15, 0.2) is 57.5 Å². The third-order valence-corrected chi connectivity index (χ3v) is 4.15. The second-order valence-corrected chi connectivity index (χ2v) is 6.01. The van der Waals surface area contributed by atoms with Crippen LogP contribution in [0.3, 0.4) is 0 Å². The van der Waals surface area contributed by atoms with Crippen molar-refractivity contribution in [3.05, 3.63) is 68.6 Å². The second kappa shape index (κ2) is 6.50. The molecule has 0 aliphatic heterocycles. The van der Waals surface area contributed by atoms with Crippen molar-refractivity contribution in [2.45, 2.75) is 12.3 Å². The van der Waals surface area contributed by atoms with Crippen LogP contribution < -0.4 is 0 Å². The van der Waals surface area contributed by atoms with E-state index >= 15 is 0 Å². The summed E-state index contributed by atoms with van der Waals surface area (Å²) in [6.45, 7) is 0.148. The van der Waals surface area contributed by atoms with Crippen LogP contribution in [-0.2, 0) is 6.42 Å². The molecule has 0 aromatic heterocycles. The Morgan fingerprint density at radius 2 is 1.78 bits per heavy atom. The molecular weight excluding hydrogens is 356 g/mol. The molecule has 1 unspecified atom stereocenters. The van der Waals surface area contributed by atoms with Gasteiger partial charge in [-0.25, -0.2) is 0 Å². The van der Waals surface area contributed by atoms with E-state index in [-0.39, 0.29) is 12.5 Å². The summed E-state index contributed by atoms with van der Waals surface area (Å²) in [5.41, 5.74) is 2.37. The second-order valence-electron chi connectivity index (χ2n) is 4.24. The van der Waals surface area contributed by atoms with Crippen molar-refractivity contribution in [1.82, 2.24) is 0 Å². The smallest absolute Gasteiger partial charge is 0.0503 e. The predicted octanol–water partition coefficient (Wildman–Crippen LogP) is 4.53. The first kappa shape index (κ1) is 13.8. The highest BCUT2D eigenvalue weighted by Gasteiger charge is 2.14. The van der Waals surface area contributed by atoms with Gasteiger partial charge in [0.2, 0.25) is 0 Å². The summed E-state index contributed by atoms with van der Waals surface area (Å²) >= 11 is 7.02. The lowest BCUT2D eigenvalue weighted by Gasteiger charge is -2.16. The molecule has 18 heavy (non-hydrogen) atoms. The van der Waals surface area contributed by atoms with E-state index in [4.69, 9.17) is 0 Å². The maximum Gasteiger partial charge on any atom is 0.0503 e. The molecule has 0 saturated heterocycles. The van der Waals surface area contributed by atoms with Gasteiger partial charge < -0.3 is 5.11 Å². The normalized spacial score (nSPS) is 12.4. The molecule has 0 amide bonds. The zero-order valence-corrected chi connectivity index (χ0v) is 13.0. The fraction of sp³-hybridized carbons (Fsp3) is 0.200. The van der Waals surface area contributed by atoms with Gasteiger partial charge in [0.1, 0.15) is 0 Å². The summed E-state index contributed by atoms with van der Waals surface area (Å²) in [5, 5.41) is 9.60. The van der Waals surface area contributed by atoms with Gasteiger partial charge in [0.25, 0.3) is 0 Å². The third kappa shape index (κ3) is 3.44. The van der Waals surface area contributed by atoms with E-state index in [0.29, 0.717) is 0 Å². The van der Waals surface area contributed by atoms with Crippen LogP contribution in [0.25, 0.3) is 0 Å². The van der Waals surface area contributed by atoms with Gasteiger partial charge in [-0.3, -0.25) is 0 Å². The van der Waals surface area contributed by atoms with Gasteiger partial charge >= 0.3 is 0 Å². The van der Waals surface area contributed by atoms with Crippen molar-refractivity contribution in [1.29, 1.82) is 0 Å². The molecule has 0 fully saturated rings. The van der Waals surface area contributed by atoms with Gasteiger partial charge in [-0.2, -0.15) is 0 Å². The Morgan fingerprint density at radius 1 is 1.00 bits per heavy atom. The van der Waals surface area contributed by atoms with Crippen molar-refractivity contribution < 1.29 is 5.11 Å². The molecule has 0 spiro atoms. The van der Waals surface area contributed by atoms with Crippen molar-refractivity contribution in [2.75, 3.05) is 6.61 Å². The SMILES string of the molecule is OCC(Cc1cccc(Br)c1)c1ccccc1Br. The zero-order valence-electron chi connectivity index (χ0n) is 9.81. The Labute approximate surface area is 124 Å². The topological polar surface area (TPSA) is 20.2 Å². The molecule has 1 atom stereocenters. The Morgan fingerprint density at radius 3 is 2.44 bits per heavy atom. The molecule has 0 radical (unpaired) electrons. The monoisotopic (exact) mass is 368 g/mol. The number of halogens is 2. The van der Waals surface area contributed by atoms with Crippen LogP contribution in [0.2, 0.25) is 0 Å². The summed E-state index contributed by atoms with van der Waals surface area (Å²) in [6, 6.07) is 16.3. The Bertz CT molecular complexity index is 525. The number of benzene rings is 2. The molecule has 0 aliphatic carbocycles. The van der Waals surface area contributed by atoms with E-state index in [1.165, 1.54) is 5.56 Å². The van der Waals surface area contributed by atoms with E-state index in [0.717, 1.165) is 20.9 Å². The van der Waals surface area contributed by atoms with Gasteiger partial charge in [0.05, 0.1) is 6.61 Å². The Hall–Kier alpha value is -0.640. The summed E-state index contributed by atoms with van der Waals surface area (Å²) < 4.78 is 2.13. The van der Waals surface area contributed by atoms with E-state index in [9.17, 15) is 5.11 Å². The number of hydrogen-bond donors (Lipinski definition) is 1. The minimum absolute atomic E-state index is 0.120. The summed E-state index contributed by atoms with van der Waals surface area (Å²) in [4.78, 5) is 0. The average Bonchev–Trinajstić information content (AvgIpc) is 2.37. The van der Waals surface area contributed by atoms with Crippen LogP contribution in [0.4, 0.5) is 0 Å². The van der Waals surface area contributed by atoms with E-state index in [1.807, 2.05) is 30.3 Å². The summed E-state index contributed by atoms with van der Waals surface area (Å²) in [6.07, 6.45) is 0.832. The molecule has 94 valence electrons. The molecule has 2 rings (SSSR count). The van der Waals surface area contributed by atoms with Crippen molar-refractivity contribution >= 4 is 31.9 Å². The molecule has 0 aliphatic rings. The molecule has 3 heteroatoms. The number of aliphatic hydroxyl groups excluding tert-OH is 1. The molecular formula is C15H14Br2O. The van der Waals surface area contributed by atoms with Crippen molar-refractivity contribution in [2.24, 2.45) is 0 Å². The van der Waals surface area contributed by atoms with Crippen molar-refractivity contribution in [3.63, 3.8) is 0 Å². The third-order valence-electron chi connectivity index (χ3n) is 2.94. The first-order valence-corrected chi connectivity index (χ1v) is 7.39. The lowest BCUT2D eigenvalue weighted by molar-refractivity contribution is 0.264. The van der Waals surface area contributed by atoms with Gasteiger partial charge in [0, 0.05) is 14.9 Å². The highest BCUT2D eigenvalue weighted by Crippen LogP contribution is 2.28. The van der Waals surface area contributed by atoms with Crippen LogP contribution >= 0.6 is 31.9 Å². The van der Waals surface area contributed by atoms with Gasteiger partial charge in [-0.1, -0.05) is 62.2 Å². The van der Waals surface area contributed by atoms with Gasteiger partial charge in [0.15, 0.2) is 0 Å². The minimum atomic E-state index is 0.120. The summed E-state index contributed by atoms with van der Waals surface area (Å²) in [7, 11) is 0. The first-order valence-electron chi connectivity index (χ1n) is 5.80.